The number of hydrogen-bond acceptors (Lipinski definition) is 2. The Morgan fingerprint density at radius 3 is 2.38 bits per heavy atom. The van der Waals surface area contributed by atoms with Crippen molar-refractivity contribution in [2.24, 2.45) is 5.92 Å². The summed E-state index contributed by atoms with van der Waals surface area (Å²) in [5, 5.41) is 19.5. The van der Waals surface area contributed by atoms with Gasteiger partial charge in [-0.15, -0.1) is 0 Å². The molecule has 0 aromatic carbocycles. The number of aliphatic hydroxyl groups excluding tert-OH is 1. The summed E-state index contributed by atoms with van der Waals surface area (Å²) in [6.07, 6.45) is 1.66. The van der Waals surface area contributed by atoms with E-state index in [4.69, 9.17) is 10.2 Å². The Bertz CT molecular complexity index is 148. The first-order valence-electron chi connectivity index (χ1n) is 4.66. The van der Waals surface area contributed by atoms with Crippen LogP contribution >= 0.6 is 0 Å². The predicted molar refractivity (Wildman–Crippen MR) is 50.7 cm³/mol. The molecule has 0 aliphatic heterocycles. The Hall–Kier alpha value is -0.770. The third kappa shape index (κ3) is 7.59. The van der Waals surface area contributed by atoms with Crippen molar-refractivity contribution >= 4 is 6.09 Å². The molecule has 0 rings (SSSR count). The van der Waals surface area contributed by atoms with Crippen LogP contribution in [-0.2, 0) is 0 Å². The molecule has 0 fully saturated rings. The molecule has 78 valence electrons. The highest BCUT2D eigenvalue weighted by Crippen LogP contribution is 2.08. The maximum atomic E-state index is 10.2. The van der Waals surface area contributed by atoms with Crippen LogP contribution in [0.25, 0.3) is 0 Å². The zero-order valence-electron chi connectivity index (χ0n) is 8.29. The molecule has 0 aliphatic carbocycles. The number of rotatable bonds is 6. The van der Waals surface area contributed by atoms with Gasteiger partial charge in [-0.2, -0.15) is 0 Å². The van der Waals surface area contributed by atoms with Gasteiger partial charge in [0.2, 0.25) is 0 Å². The lowest BCUT2D eigenvalue weighted by Crippen LogP contribution is -2.36. The Kier molecular flexibility index (Phi) is 6.32. The first-order chi connectivity index (χ1) is 6.06. The lowest BCUT2D eigenvalue weighted by molar-refractivity contribution is 0.174. The van der Waals surface area contributed by atoms with Crippen molar-refractivity contribution in [3.05, 3.63) is 0 Å². The number of carbonyl (C=O) groups is 1. The quantitative estimate of drug-likeness (QED) is 0.592. The first-order valence-corrected chi connectivity index (χ1v) is 4.66. The second kappa shape index (κ2) is 6.71. The van der Waals surface area contributed by atoms with Gasteiger partial charge >= 0.3 is 6.09 Å². The third-order valence-electron chi connectivity index (χ3n) is 1.88. The van der Waals surface area contributed by atoms with E-state index in [1.165, 1.54) is 0 Å². The number of carboxylic acid groups (broad SMARTS) is 1. The van der Waals surface area contributed by atoms with Gasteiger partial charge in [0.15, 0.2) is 0 Å². The van der Waals surface area contributed by atoms with Gasteiger partial charge in [0, 0.05) is 0 Å². The van der Waals surface area contributed by atoms with Crippen LogP contribution in [0.4, 0.5) is 4.79 Å². The van der Waals surface area contributed by atoms with Crippen molar-refractivity contribution in [2.45, 2.75) is 39.2 Å². The van der Waals surface area contributed by atoms with Gasteiger partial charge in [-0.05, 0) is 12.3 Å². The molecule has 0 aromatic rings. The van der Waals surface area contributed by atoms with Gasteiger partial charge in [0.25, 0.3) is 0 Å². The van der Waals surface area contributed by atoms with Gasteiger partial charge in [-0.25, -0.2) is 4.79 Å². The van der Waals surface area contributed by atoms with Crippen LogP contribution in [0.1, 0.15) is 33.1 Å². The van der Waals surface area contributed by atoms with E-state index < -0.39 is 6.09 Å². The van der Waals surface area contributed by atoms with Crippen molar-refractivity contribution in [2.75, 3.05) is 6.61 Å². The lowest BCUT2D eigenvalue weighted by atomic mass is 10.0. The minimum absolute atomic E-state index is 0.121. The molecule has 4 heteroatoms. The molecule has 0 saturated carbocycles. The third-order valence-corrected chi connectivity index (χ3v) is 1.88. The fraction of sp³-hybridized carbons (Fsp3) is 0.889. The predicted octanol–water partition coefficient (Wildman–Crippen LogP) is 1.44. The molecule has 1 atom stereocenters. The van der Waals surface area contributed by atoms with Gasteiger partial charge in [0.1, 0.15) is 0 Å². The fourth-order valence-corrected chi connectivity index (χ4v) is 1.16. The van der Waals surface area contributed by atoms with E-state index in [1.807, 2.05) is 0 Å². The molecule has 3 N–H and O–H groups in total. The highest BCUT2D eigenvalue weighted by Gasteiger charge is 2.09. The zero-order chi connectivity index (χ0) is 10.3. The molecule has 0 radical (unpaired) electrons. The zero-order valence-corrected chi connectivity index (χ0v) is 8.29. The molecular weight excluding hydrogens is 170 g/mol. The van der Waals surface area contributed by atoms with Crippen LogP contribution in [0.3, 0.4) is 0 Å². The minimum Gasteiger partial charge on any atom is -0.465 e. The van der Waals surface area contributed by atoms with E-state index in [0.717, 1.165) is 12.8 Å². The minimum atomic E-state index is -1.07. The average Bonchev–Trinajstić information content (AvgIpc) is 2.01. The summed E-state index contributed by atoms with van der Waals surface area (Å²) in [5.41, 5.74) is 0. The fourth-order valence-electron chi connectivity index (χ4n) is 1.16. The normalized spacial score (nSPS) is 12.9. The molecule has 0 aliphatic rings. The topological polar surface area (TPSA) is 69.6 Å². The molecule has 0 saturated heterocycles. The average molecular weight is 189 g/mol. The second-order valence-corrected chi connectivity index (χ2v) is 3.65. The Morgan fingerprint density at radius 2 is 2.00 bits per heavy atom. The summed E-state index contributed by atoms with van der Waals surface area (Å²) in [7, 11) is 0. The van der Waals surface area contributed by atoms with Crippen LogP contribution in [-0.4, -0.2) is 29.0 Å². The SMILES string of the molecule is CC(C)CCC[C@@H](CO)NC(=O)O. The van der Waals surface area contributed by atoms with Crippen molar-refractivity contribution < 1.29 is 15.0 Å². The van der Waals surface area contributed by atoms with E-state index in [0.29, 0.717) is 12.3 Å². The summed E-state index contributed by atoms with van der Waals surface area (Å²) in [5.74, 6) is 0.629. The number of aliphatic hydroxyl groups is 1. The van der Waals surface area contributed by atoms with Crippen molar-refractivity contribution in [1.29, 1.82) is 0 Å². The van der Waals surface area contributed by atoms with Crippen LogP contribution in [0.15, 0.2) is 0 Å². The molecule has 0 spiro atoms. The number of nitrogens with one attached hydrogen (secondary N) is 1. The van der Waals surface area contributed by atoms with Crippen LogP contribution in [0.2, 0.25) is 0 Å². The summed E-state index contributed by atoms with van der Waals surface area (Å²) in [6.45, 7) is 4.13. The van der Waals surface area contributed by atoms with E-state index in [-0.39, 0.29) is 12.6 Å². The molecule has 0 heterocycles. The van der Waals surface area contributed by atoms with Gasteiger partial charge in [-0.1, -0.05) is 26.7 Å². The van der Waals surface area contributed by atoms with Crippen LogP contribution in [0, 0.1) is 5.92 Å². The van der Waals surface area contributed by atoms with Crippen LogP contribution < -0.4 is 5.32 Å². The molecular formula is C9H19NO3. The van der Waals surface area contributed by atoms with Gasteiger partial charge < -0.3 is 15.5 Å². The summed E-state index contributed by atoms with van der Waals surface area (Å²) >= 11 is 0. The highest BCUT2D eigenvalue weighted by molar-refractivity contribution is 5.64. The summed E-state index contributed by atoms with van der Waals surface area (Å²) < 4.78 is 0. The van der Waals surface area contributed by atoms with Crippen molar-refractivity contribution in [3.8, 4) is 0 Å². The summed E-state index contributed by atoms with van der Waals surface area (Å²) in [4.78, 5) is 10.2. The van der Waals surface area contributed by atoms with Crippen molar-refractivity contribution in [1.82, 2.24) is 5.32 Å². The molecule has 1 amide bonds. The monoisotopic (exact) mass is 189 g/mol. The van der Waals surface area contributed by atoms with Gasteiger partial charge in [0.05, 0.1) is 12.6 Å². The highest BCUT2D eigenvalue weighted by atomic mass is 16.4. The maximum absolute atomic E-state index is 10.2. The second-order valence-electron chi connectivity index (χ2n) is 3.65. The largest absolute Gasteiger partial charge is 0.465 e. The number of amides is 1. The standard InChI is InChI=1S/C9H19NO3/c1-7(2)4-3-5-8(6-11)10-9(12)13/h7-8,10-11H,3-6H2,1-2H3,(H,12,13)/t8-/m0/s1. The molecule has 0 bridgehead atoms. The smallest absolute Gasteiger partial charge is 0.404 e. The number of hydrogen-bond donors (Lipinski definition) is 3. The van der Waals surface area contributed by atoms with E-state index >= 15 is 0 Å². The van der Waals surface area contributed by atoms with E-state index in [9.17, 15) is 4.79 Å². The van der Waals surface area contributed by atoms with Crippen LogP contribution in [0.5, 0.6) is 0 Å². The Morgan fingerprint density at radius 1 is 1.38 bits per heavy atom. The maximum Gasteiger partial charge on any atom is 0.404 e. The molecule has 0 unspecified atom stereocenters. The Balaban J connectivity index is 3.53. The van der Waals surface area contributed by atoms with Gasteiger partial charge in [-0.3, -0.25) is 0 Å². The van der Waals surface area contributed by atoms with E-state index in [2.05, 4.69) is 19.2 Å². The Labute approximate surface area is 79.0 Å². The van der Waals surface area contributed by atoms with Crippen molar-refractivity contribution in [3.63, 3.8) is 0 Å². The first kappa shape index (κ1) is 12.2. The molecule has 4 nitrogen and oxygen atoms in total. The molecule has 0 aromatic heterocycles. The molecule has 13 heavy (non-hydrogen) atoms. The lowest BCUT2D eigenvalue weighted by Gasteiger charge is -2.14. The van der Waals surface area contributed by atoms with E-state index in [1.54, 1.807) is 0 Å². The summed E-state index contributed by atoms with van der Waals surface area (Å²) in [6, 6.07) is -0.309.